The summed E-state index contributed by atoms with van der Waals surface area (Å²) in [6, 6.07) is 15.2. The SMILES string of the molecule is C=C(Cc1ccc(-c2ccc(CC#N)cc2)cc1F)C1=CC=CCC1. The fraction of sp³-hybridized carbons (Fsp3) is 0.174. The molecule has 0 fully saturated rings. The van der Waals surface area contributed by atoms with Crippen LogP contribution in [0.25, 0.3) is 11.1 Å². The summed E-state index contributed by atoms with van der Waals surface area (Å²) in [5.74, 6) is -0.202. The van der Waals surface area contributed by atoms with Gasteiger partial charge in [0.15, 0.2) is 0 Å². The molecule has 2 aromatic rings. The molecule has 0 saturated carbocycles. The summed E-state index contributed by atoms with van der Waals surface area (Å²) < 4.78 is 14.5. The summed E-state index contributed by atoms with van der Waals surface area (Å²) in [6.45, 7) is 4.13. The summed E-state index contributed by atoms with van der Waals surface area (Å²) in [4.78, 5) is 0. The molecule has 2 heteroatoms. The fourth-order valence-electron chi connectivity index (χ4n) is 3.02. The number of allylic oxidation sites excluding steroid dienone is 5. The van der Waals surface area contributed by atoms with Gasteiger partial charge in [0, 0.05) is 6.42 Å². The van der Waals surface area contributed by atoms with Gasteiger partial charge in [0.05, 0.1) is 12.5 Å². The molecule has 0 heterocycles. The van der Waals surface area contributed by atoms with Crippen molar-refractivity contribution in [1.82, 2.24) is 0 Å². The van der Waals surface area contributed by atoms with Crippen molar-refractivity contribution in [3.63, 3.8) is 0 Å². The number of halogens is 1. The minimum atomic E-state index is -0.202. The first-order chi connectivity index (χ1) is 12.2. The molecule has 1 aliphatic carbocycles. The topological polar surface area (TPSA) is 23.8 Å². The summed E-state index contributed by atoms with van der Waals surface area (Å²) in [7, 11) is 0. The van der Waals surface area contributed by atoms with E-state index in [0.29, 0.717) is 18.4 Å². The van der Waals surface area contributed by atoms with Gasteiger partial charge in [0.25, 0.3) is 0 Å². The molecule has 0 radical (unpaired) electrons. The Morgan fingerprint density at radius 1 is 1.12 bits per heavy atom. The molecular formula is C23H20FN. The second-order valence-corrected chi connectivity index (χ2v) is 6.28. The Labute approximate surface area is 148 Å². The lowest BCUT2D eigenvalue weighted by Gasteiger charge is -2.13. The first-order valence-electron chi connectivity index (χ1n) is 8.46. The summed E-state index contributed by atoms with van der Waals surface area (Å²) >= 11 is 0. The highest BCUT2D eigenvalue weighted by Crippen LogP contribution is 2.26. The average Bonchev–Trinajstić information content (AvgIpc) is 2.65. The highest BCUT2D eigenvalue weighted by Gasteiger charge is 2.10. The van der Waals surface area contributed by atoms with Crippen molar-refractivity contribution in [2.45, 2.75) is 25.7 Å². The lowest BCUT2D eigenvalue weighted by Crippen LogP contribution is -1.98. The third kappa shape index (κ3) is 4.14. The van der Waals surface area contributed by atoms with Crippen LogP contribution in [0.5, 0.6) is 0 Å². The van der Waals surface area contributed by atoms with Gasteiger partial charge in [-0.15, -0.1) is 0 Å². The standard InChI is InChI=1S/C23H20FN/c1-17(19-5-3-2-4-6-19)15-22-12-11-21(16-23(22)24)20-9-7-18(8-10-20)13-14-25/h2-3,5,7-12,16H,1,4,6,13,15H2. The van der Waals surface area contributed by atoms with Crippen LogP contribution in [-0.2, 0) is 12.8 Å². The maximum Gasteiger partial charge on any atom is 0.127 e. The van der Waals surface area contributed by atoms with Crippen LogP contribution in [0.3, 0.4) is 0 Å². The Hall–Kier alpha value is -2.92. The Balaban J connectivity index is 1.76. The highest BCUT2D eigenvalue weighted by molar-refractivity contribution is 5.64. The van der Waals surface area contributed by atoms with Crippen LogP contribution in [0.4, 0.5) is 4.39 Å². The molecule has 0 amide bonds. The second kappa shape index (κ2) is 7.77. The molecule has 3 rings (SSSR count). The number of nitriles is 1. The molecule has 0 saturated heterocycles. The molecule has 124 valence electrons. The van der Waals surface area contributed by atoms with E-state index in [-0.39, 0.29) is 5.82 Å². The lowest BCUT2D eigenvalue weighted by molar-refractivity contribution is 0.614. The second-order valence-electron chi connectivity index (χ2n) is 6.28. The maximum atomic E-state index is 14.5. The van der Waals surface area contributed by atoms with Crippen molar-refractivity contribution in [2.24, 2.45) is 0 Å². The van der Waals surface area contributed by atoms with Gasteiger partial charge in [-0.05, 0) is 52.3 Å². The first kappa shape index (κ1) is 16.9. The zero-order chi connectivity index (χ0) is 17.6. The minimum absolute atomic E-state index is 0.202. The molecule has 0 aromatic heterocycles. The predicted molar refractivity (Wildman–Crippen MR) is 100 cm³/mol. The predicted octanol–water partition coefficient (Wildman–Crippen LogP) is 5.93. The van der Waals surface area contributed by atoms with Crippen LogP contribution in [0.15, 0.2) is 78.4 Å². The number of hydrogen-bond donors (Lipinski definition) is 0. The van der Waals surface area contributed by atoms with Gasteiger partial charge in [-0.25, -0.2) is 4.39 Å². The van der Waals surface area contributed by atoms with Crippen molar-refractivity contribution < 1.29 is 4.39 Å². The molecule has 0 bridgehead atoms. The Morgan fingerprint density at radius 2 is 1.88 bits per heavy atom. The quantitative estimate of drug-likeness (QED) is 0.666. The van der Waals surface area contributed by atoms with Crippen molar-refractivity contribution in [3.05, 3.63) is 95.4 Å². The van der Waals surface area contributed by atoms with Gasteiger partial charge >= 0.3 is 0 Å². The normalized spacial score (nSPS) is 13.2. The minimum Gasteiger partial charge on any atom is -0.207 e. The molecule has 2 aromatic carbocycles. The molecule has 25 heavy (non-hydrogen) atoms. The van der Waals surface area contributed by atoms with Crippen LogP contribution in [-0.4, -0.2) is 0 Å². The van der Waals surface area contributed by atoms with E-state index in [1.165, 1.54) is 5.57 Å². The molecule has 0 aliphatic heterocycles. The van der Waals surface area contributed by atoms with Crippen LogP contribution in [0.2, 0.25) is 0 Å². The molecular weight excluding hydrogens is 309 g/mol. The van der Waals surface area contributed by atoms with Gasteiger partial charge in [-0.1, -0.05) is 61.2 Å². The maximum absolute atomic E-state index is 14.5. The van der Waals surface area contributed by atoms with Crippen LogP contribution >= 0.6 is 0 Å². The van der Waals surface area contributed by atoms with Crippen LogP contribution < -0.4 is 0 Å². The number of hydrogen-bond acceptors (Lipinski definition) is 1. The van der Waals surface area contributed by atoms with Gasteiger partial charge < -0.3 is 0 Å². The zero-order valence-electron chi connectivity index (χ0n) is 14.1. The average molecular weight is 329 g/mol. The molecule has 1 nitrogen and oxygen atoms in total. The molecule has 0 unspecified atom stereocenters. The van der Waals surface area contributed by atoms with Gasteiger partial charge in [0.1, 0.15) is 5.82 Å². The Kier molecular flexibility index (Phi) is 5.26. The third-order valence-corrected chi connectivity index (χ3v) is 4.50. The molecule has 0 N–H and O–H groups in total. The van der Waals surface area contributed by atoms with E-state index in [1.54, 1.807) is 6.07 Å². The van der Waals surface area contributed by atoms with E-state index < -0.39 is 0 Å². The molecule has 0 atom stereocenters. The van der Waals surface area contributed by atoms with Crippen molar-refractivity contribution in [2.75, 3.05) is 0 Å². The van der Waals surface area contributed by atoms with E-state index in [4.69, 9.17) is 5.26 Å². The third-order valence-electron chi connectivity index (χ3n) is 4.50. The summed E-state index contributed by atoms with van der Waals surface area (Å²) in [5.41, 5.74) is 5.62. The Morgan fingerprint density at radius 3 is 2.52 bits per heavy atom. The van der Waals surface area contributed by atoms with E-state index in [0.717, 1.165) is 35.1 Å². The van der Waals surface area contributed by atoms with E-state index >= 15 is 0 Å². The smallest absolute Gasteiger partial charge is 0.127 e. The monoisotopic (exact) mass is 329 g/mol. The molecule has 0 spiro atoms. The number of benzene rings is 2. The van der Waals surface area contributed by atoms with E-state index in [9.17, 15) is 4.39 Å². The van der Waals surface area contributed by atoms with Gasteiger partial charge in [-0.3, -0.25) is 0 Å². The molecule has 1 aliphatic rings. The van der Waals surface area contributed by atoms with Crippen LogP contribution in [0.1, 0.15) is 24.0 Å². The van der Waals surface area contributed by atoms with Crippen molar-refractivity contribution in [1.29, 1.82) is 5.26 Å². The first-order valence-corrected chi connectivity index (χ1v) is 8.46. The summed E-state index contributed by atoms with van der Waals surface area (Å²) in [6.07, 6.45) is 9.17. The van der Waals surface area contributed by atoms with Gasteiger partial charge in [-0.2, -0.15) is 5.26 Å². The highest BCUT2D eigenvalue weighted by atomic mass is 19.1. The fourth-order valence-corrected chi connectivity index (χ4v) is 3.02. The van der Waals surface area contributed by atoms with Gasteiger partial charge in [0.2, 0.25) is 0 Å². The number of rotatable bonds is 5. The van der Waals surface area contributed by atoms with Crippen molar-refractivity contribution >= 4 is 0 Å². The van der Waals surface area contributed by atoms with Crippen molar-refractivity contribution in [3.8, 4) is 17.2 Å². The van der Waals surface area contributed by atoms with E-state index in [2.05, 4.69) is 24.8 Å². The number of nitrogens with zero attached hydrogens (tertiary/aromatic N) is 1. The van der Waals surface area contributed by atoms with Crippen LogP contribution in [0, 0.1) is 17.1 Å². The largest absolute Gasteiger partial charge is 0.207 e. The summed E-state index contributed by atoms with van der Waals surface area (Å²) in [5, 5.41) is 8.72. The zero-order valence-corrected chi connectivity index (χ0v) is 14.1. The Bertz CT molecular complexity index is 879. The lowest BCUT2D eigenvalue weighted by atomic mass is 9.92. The van der Waals surface area contributed by atoms with E-state index in [1.807, 2.05) is 42.5 Å².